The van der Waals surface area contributed by atoms with E-state index >= 15 is 0 Å². The molecule has 0 bridgehead atoms. The lowest BCUT2D eigenvalue weighted by molar-refractivity contribution is 0.134. The minimum atomic E-state index is -3.77. The molecule has 0 aliphatic heterocycles. The van der Waals surface area contributed by atoms with Crippen LogP contribution in [0.5, 0.6) is 0 Å². The number of hydrogen-bond acceptors (Lipinski definition) is 5. The molecule has 8 heteroatoms. The molecule has 1 N–H and O–H groups in total. The molecule has 0 unspecified atom stereocenters. The molecule has 1 aromatic carbocycles. The van der Waals surface area contributed by atoms with Crippen LogP contribution in [0.4, 0.5) is 5.69 Å². The second-order valence-corrected chi connectivity index (χ2v) is 6.11. The molecule has 0 fully saturated rings. The maximum Gasteiger partial charge on any atom is 0.264 e. The molecule has 0 radical (unpaired) electrons. The van der Waals surface area contributed by atoms with Crippen molar-refractivity contribution in [3.63, 3.8) is 0 Å². The highest BCUT2D eigenvalue weighted by molar-refractivity contribution is 7.92. The predicted molar refractivity (Wildman–Crippen MR) is 79.6 cm³/mol. The first kappa shape index (κ1) is 15.7. The second kappa shape index (κ2) is 6.84. The first-order chi connectivity index (χ1) is 10.0. The fourth-order valence-electron chi connectivity index (χ4n) is 1.60. The third-order valence-corrected chi connectivity index (χ3v) is 4.15. The number of halogens is 1. The summed E-state index contributed by atoms with van der Waals surface area (Å²) < 4.78 is 32.3. The van der Waals surface area contributed by atoms with Crippen LogP contribution in [-0.2, 0) is 21.4 Å². The zero-order chi connectivity index (χ0) is 15.3. The van der Waals surface area contributed by atoms with Crippen LogP contribution < -0.4 is 4.72 Å². The van der Waals surface area contributed by atoms with Crippen LogP contribution in [0.15, 0.2) is 41.6 Å². The Morgan fingerprint density at radius 1 is 1.24 bits per heavy atom. The van der Waals surface area contributed by atoms with Gasteiger partial charge in [-0.3, -0.25) is 4.72 Å². The van der Waals surface area contributed by atoms with Gasteiger partial charge in [-0.05, 0) is 24.6 Å². The van der Waals surface area contributed by atoms with E-state index < -0.39 is 10.0 Å². The third-order valence-electron chi connectivity index (χ3n) is 2.63. The van der Waals surface area contributed by atoms with Crippen molar-refractivity contribution in [2.75, 3.05) is 11.3 Å². The van der Waals surface area contributed by atoms with Gasteiger partial charge in [-0.1, -0.05) is 18.2 Å². The average molecular weight is 328 g/mol. The molecule has 0 spiro atoms. The van der Waals surface area contributed by atoms with Gasteiger partial charge in [0.15, 0.2) is 0 Å². The first-order valence-corrected chi connectivity index (χ1v) is 8.05. The second-order valence-electron chi connectivity index (χ2n) is 4.09. The number of anilines is 1. The lowest BCUT2D eigenvalue weighted by atomic mass is 10.2. The van der Waals surface area contributed by atoms with Gasteiger partial charge in [0.25, 0.3) is 10.0 Å². The van der Waals surface area contributed by atoms with E-state index in [0.29, 0.717) is 18.9 Å². The van der Waals surface area contributed by atoms with E-state index in [1.165, 1.54) is 0 Å². The Morgan fingerprint density at radius 2 is 1.90 bits per heavy atom. The van der Waals surface area contributed by atoms with Crippen molar-refractivity contribution in [3.05, 3.63) is 47.5 Å². The summed E-state index contributed by atoms with van der Waals surface area (Å²) in [6.07, 6.45) is 2.31. The highest BCUT2D eigenvalue weighted by Crippen LogP contribution is 2.20. The first-order valence-electron chi connectivity index (χ1n) is 6.19. The van der Waals surface area contributed by atoms with Crippen molar-refractivity contribution in [2.24, 2.45) is 0 Å². The van der Waals surface area contributed by atoms with Crippen LogP contribution >= 0.6 is 11.6 Å². The Kier molecular flexibility index (Phi) is 5.11. The summed E-state index contributed by atoms with van der Waals surface area (Å²) in [5, 5.41) is -0.00861. The van der Waals surface area contributed by atoms with Crippen LogP contribution in [0.3, 0.4) is 0 Å². The standard InChI is InChI=1S/C13H14ClN3O3S/c1-2-20-9-10-5-3-4-6-12(10)17-21(18,19)11-7-15-13(14)16-8-11/h3-8,17H,2,9H2,1H3. The van der Waals surface area contributed by atoms with Gasteiger partial charge in [0.2, 0.25) is 5.28 Å². The van der Waals surface area contributed by atoms with Crippen molar-refractivity contribution < 1.29 is 13.2 Å². The summed E-state index contributed by atoms with van der Waals surface area (Å²) in [7, 11) is -3.77. The maximum absolute atomic E-state index is 12.3. The molecule has 1 aromatic heterocycles. The summed E-state index contributed by atoms with van der Waals surface area (Å²) >= 11 is 5.55. The van der Waals surface area contributed by atoms with Gasteiger partial charge in [-0.25, -0.2) is 18.4 Å². The van der Waals surface area contributed by atoms with Crippen molar-refractivity contribution in [1.82, 2.24) is 9.97 Å². The summed E-state index contributed by atoms with van der Waals surface area (Å²) in [6.45, 7) is 2.75. The molecule has 2 aromatic rings. The monoisotopic (exact) mass is 327 g/mol. The van der Waals surface area contributed by atoms with Crippen molar-refractivity contribution >= 4 is 27.3 Å². The van der Waals surface area contributed by atoms with Gasteiger partial charge in [0.1, 0.15) is 4.90 Å². The number of sulfonamides is 1. The van der Waals surface area contributed by atoms with Crippen molar-refractivity contribution in [2.45, 2.75) is 18.4 Å². The predicted octanol–water partition coefficient (Wildman–Crippen LogP) is 2.47. The SMILES string of the molecule is CCOCc1ccccc1NS(=O)(=O)c1cnc(Cl)nc1. The molecule has 6 nitrogen and oxygen atoms in total. The average Bonchev–Trinajstić information content (AvgIpc) is 2.46. The Hall–Kier alpha value is -1.70. The molecule has 21 heavy (non-hydrogen) atoms. The third kappa shape index (κ3) is 4.13. The van der Waals surface area contributed by atoms with E-state index in [9.17, 15) is 8.42 Å². The van der Waals surface area contributed by atoms with E-state index in [-0.39, 0.29) is 10.2 Å². The van der Waals surface area contributed by atoms with E-state index in [1.807, 2.05) is 13.0 Å². The van der Waals surface area contributed by atoms with Gasteiger partial charge in [0, 0.05) is 12.2 Å². The molecule has 0 aliphatic rings. The lowest BCUT2D eigenvalue weighted by Crippen LogP contribution is -2.15. The van der Waals surface area contributed by atoms with E-state index in [4.69, 9.17) is 16.3 Å². The zero-order valence-electron chi connectivity index (χ0n) is 11.3. The normalized spacial score (nSPS) is 11.3. The van der Waals surface area contributed by atoms with Crippen molar-refractivity contribution in [3.8, 4) is 0 Å². The zero-order valence-corrected chi connectivity index (χ0v) is 12.9. The minimum absolute atomic E-state index is 0.00861. The van der Waals surface area contributed by atoms with Gasteiger partial charge in [0.05, 0.1) is 24.7 Å². The Morgan fingerprint density at radius 3 is 2.57 bits per heavy atom. The molecule has 1 heterocycles. The summed E-state index contributed by atoms with van der Waals surface area (Å²) in [4.78, 5) is 7.28. The summed E-state index contributed by atoms with van der Waals surface area (Å²) in [5.74, 6) is 0. The summed E-state index contributed by atoms with van der Waals surface area (Å²) in [5.41, 5.74) is 1.21. The van der Waals surface area contributed by atoms with Gasteiger partial charge in [-0.15, -0.1) is 0 Å². The lowest BCUT2D eigenvalue weighted by Gasteiger charge is -2.12. The molecule has 0 amide bonds. The fourth-order valence-corrected chi connectivity index (χ4v) is 2.69. The van der Waals surface area contributed by atoms with Crippen LogP contribution in [0.1, 0.15) is 12.5 Å². The van der Waals surface area contributed by atoms with Crippen LogP contribution in [0, 0.1) is 0 Å². The number of hydrogen-bond donors (Lipinski definition) is 1. The van der Waals surface area contributed by atoms with Crippen LogP contribution in [0.25, 0.3) is 0 Å². The van der Waals surface area contributed by atoms with E-state index in [0.717, 1.165) is 18.0 Å². The highest BCUT2D eigenvalue weighted by atomic mass is 35.5. The summed E-state index contributed by atoms with van der Waals surface area (Å²) in [6, 6.07) is 7.03. The minimum Gasteiger partial charge on any atom is -0.377 e. The number of benzene rings is 1. The van der Waals surface area contributed by atoms with Crippen molar-refractivity contribution in [1.29, 1.82) is 0 Å². The Labute approximate surface area is 128 Å². The molecular weight excluding hydrogens is 314 g/mol. The molecule has 2 rings (SSSR count). The van der Waals surface area contributed by atoms with Crippen LogP contribution in [-0.4, -0.2) is 25.0 Å². The maximum atomic E-state index is 12.3. The molecule has 0 saturated carbocycles. The number of para-hydroxylation sites is 1. The quantitative estimate of drug-likeness (QED) is 0.824. The number of rotatable bonds is 6. The van der Waals surface area contributed by atoms with E-state index in [2.05, 4.69) is 14.7 Å². The molecular formula is C13H14ClN3O3S. The van der Waals surface area contributed by atoms with Gasteiger partial charge < -0.3 is 4.74 Å². The van der Waals surface area contributed by atoms with Gasteiger partial charge >= 0.3 is 0 Å². The number of aromatic nitrogens is 2. The largest absolute Gasteiger partial charge is 0.377 e. The molecule has 0 aliphatic carbocycles. The van der Waals surface area contributed by atoms with E-state index in [1.54, 1.807) is 18.2 Å². The number of nitrogens with one attached hydrogen (secondary N) is 1. The molecule has 112 valence electrons. The smallest absolute Gasteiger partial charge is 0.264 e. The fraction of sp³-hybridized carbons (Fsp3) is 0.231. The number of nitrogens with zero attached hydrogens (tertiary/aromatic N) is 2. The number of ether oxygens (including phenoxy) is 1. The Bertz CT molecular complexity index is 705. The molecule has 0 atom stereocenters. The Balaban J connectivity index is 2.26. The van der Waals surface area contributed by atoms with Crippen LogP contribution in [0.2, 0.25) is 5.28 Å². The topological polar surface area (TPSA) is 81.2 Å². The van der Waals surface area contributed by atoms with Gasteiger partial charge in [-0.2, -0.15) is 0 Å². The molecule has 0 saturated heterocycles. The highest BCUT2D eigenvalue weighted by Gasteiger charge is 2.17.